The largest absolute Gasteiger partial charge is 0.458 e. The number of unbranched alkanes of at least 4 members (excludes halogenated alkanes) is 1. The highest BCUT2D eigenvalue weighted by Gasteiger charge is 2.45. The minimum Gasteiger partial charge on any atom is -0.458 e. The van der Waals surface area contributed by atoms with E-state index in [2.05, 4.69) is 12.2 Å². The zero-order valence-corrected chi connectivity index (χ0v) is 22.2. The second-order valence-corrected chi connectivity index (χ2v) is 10.1. The summed E-state index contributed by atoms with van der Waals surface area (Å²) >= 11 is 0. The number of nitrogens with one attached hydrogen (secondary N) is 1. The average Bonchev–Trinajstić information content (AvgIpc) is 3.27. The van der Waals surface area contributed by atoms with Crippen LogP contribution in [0.2, 0.25) is 0 Å². The minimum atomic E-state index is -1.88. The lowest BCUT2D eigenvalue weighted by Crippen LogP contribution is -2.44. The second kappa shape index (κ2) is 10.6. The van der Waals surface area contributed by atoms with Crippen molar-refractivity contribution in [3.8, 4) is 11.4 Å². The molecule has 0 saturated carbocycles. The Bertz CT molecular complexity index is 1470. The summed E-state index contributed by atoms with van der Waals surface area (Å²) < 4.78 is 27.3. The lowest BCUT2D eigenvalue weighted by molar-refractivity contribution is -0.172. The van der Waals surface area contributed by atoms with Gasteiger partial charge in [0.1, 0.15) is 12.4 Å². The molecule has 1 atom stereocenters. The number of pyridine rings is 2. The molecule has 38 heavy (non-hydrogen) atoms. The molecule has 8 nitrogen and oxygen atoms in total. The number of nitrogens with zero attached hydrogens (tertiary/aromatic N) is 2. The summed E-state index contributed by atoms with van der Waals surface area (Å²) in [5.41, 5.74) is 2.34. The molecule has 0 amide bonds. The number of benzene rings is 1. The van der Waals surface area contributed by atoms with Crippen LogP contribution in [0.1, 0.15) is 67.3 Å². The summed E-state index contributed by atoms with van der Waals surface area (Å²) in [6, 6.07) is 5.12. The van der Waals surface area contributed by atoms with E-state index in [1.807, 2.05) is 6.07 Å². The Morgan fingerprint density at radius 1 is 1.24 bits per heavy atom. The summed E-state index contributed by atoms with van der Waals surface area (Å²) in [4.78, 5) is 30.6. The van der Waals surface area contributed by atoms with Gasteiger partial charge in [0.25, 0.3) is 5.56 Å². The van der Waals surface area contributed by atoms with Crippen molar-refractivity contribution in [1.82, 2.24) is 14.9 Å². The Morgan fingerprint density at radius 2 is 2.05 bits per heavy atom. The van der Waals surface area contributed by atoms with Crippen molar-refractivity contribution >= 4 is 16.9 Å². The quantitative estimate of drug-likeness (QED) is 0.185. The van der Waals surface area contributed by atoms with Crippen LogP contribution in [-0.2, 0) is 39.4 Å². The molecule has 2 aromatic heterocycles. The highest BCUT2D eigenvalue weighted by atomic mass is 19.1. The van der Waals surface area contributed by atoms with Crippen LogP contribution < -0.4 is 10.9 Å². The van der Waals surface area contributed by atoms with Crippen molar-refractivity contribution in [2.24, 2.45) is 0 Å². The monoisotopic (exact) mass is 523 g/mol. The van der Waals surface area contributed by atoms with E-state index in [1.54, 1.807) is 24.5 Å². The van der Waals surface area contributed by atoms with E-state index >= 15 is 0 Å². The average molecular weight is 524 g/mol. The molecule has 0 saturated heterocycles. The number of halogens is 1. The lowest BCUT2D eigenvalue weighted by atomic mass is 9.86. The van der Waals surface area contributed by atoms with E-state index in [1.165, 1.54) is 6.07 Å². The number of hydrogen-bond acceptors (Lipinski definition) is 7. The van der Waals surface area contributed by atoms with Gasteiger partial charge in [0.2, 0.25) is 0 Å². The Balaban J connectivity index is 1.47. The molecule has 3 aromatic rings. The first-order chi connectivity index (χ1) is 18.3. The van der Waals surface area contributed by atoms with Crippen molar-refractivity contribution in [2.45, 2.75) is 71.6 Å². The fourth-order valence-electron chi connectivity index (χ4n) is 5.48. The molecular formula is C29H34FN3O5. The first-order valence-electron chi connectivity index (χ1n) is 13.4. The molecular weight excluding hydrogens is 489 g/mol. The maximum Gasteiger partial charge on any atom is 0.343 e. The van der Waals surface area contributed by atoms with Gasteiger partial charge in [-0.05, 0) is 68.8 Å². The number of carbonyl (C=O) groups excluding carboxylic acids is 1. The molecule has 0 radical (unpaired) electrons. The van der Waals surface area contributed by atoms with E-state index in [9.17, 15) is 19.1 Å². The van der Waals surface area contributed by atoms with Gasteiger partial charge < -0.3 is 19.1 Å². The molecule has 0 aliphatic carbocycles. The maximum absolute atomic E-state index is 15.0. The van der Waals surface area contributed by atoms with Gasteiger partial charge in [-0.2, -0.15) is 0 Å². The molecule has 0 bridgehead atoms. The maximum atomic E-state index is 15.0. The Labute approximate surface area is 220 Å². The van der Waals surface area contributed by atoms with Crippen molar-refractivity contribution in [1.29, 1.82) is 0 Å². The van der Waals surface area contributed by atoms with Crippen LogP contribution in [0.3, 0.4) is 0 Å². The summed E-state index contributed by atoms with van der Waals surface area (Å²) in [6.45, 7) is 7.80. The molecule has 4 heterocycles. The third-order valence-electron chi connectivity index (χ3n) is 7.74. The first-order valence-corrected chi connectivity index (χ1v) is 13.4. The van der Waals surface area contributed by atoms with Crippen LogP contribution in [0.4, 0.5) is 4.39 Å². The standard InChI is InChI=1S/C29H34FN3O5/c1-4-9-31-16-37-10-7-6-8-19-17(3)23(30)13-24-20(19)11-18-14-33-25(26(18)32-24)12-22-21(27(33)34)15-38-28(35)29(22,36)5-2/h11-13,31,36H,4-10,14-16H2,1-3H3/t29-/m0/s1. The summed E-state index contributed by atoms with van der Waals surface area (Å²) in [5.74, 6) is -1.07. The van der Waals surface area contributed by atoms with E-state index < -0.39 is 11.6 Å². The summed E-state index contributed by atoms with van der Waals surface area (Å²) in [7, 11) is 0. The zero-order chi connectivity index (χ0) is 27.0. The Morgan fingerprint density at radius 3 is 2.82 bits per heavy atom. The molecule has 2 aliphatic rings. The minimum absolute atomic E-state index is 0.0773. The van der Waals surface area contributed by atoms with Gasteiger partial charge in [0, 0.05) is 29.2 Å². The molecule has 0 fully saturated rings. The molecule has 2 aliphatic heterocycles. The predicted molar refractivity (Wildman–Crippen MR) is 141 cm³/mol. The van der Waals surface area contributed by atoms with Gasteiger partial charge >= 0.3 is 5.97 Å². The highest BCUT2D eigenvalue weighted by Crippen LogP contribution is 2.39. The third-order valence-corrected chi connectivity index (χ3v) is 7.74. The van der Waals surface area contributed by atoms with Crippen LogP contribution in [0, 0.1) is 12.7 Å². The molecule has 202 valence electrons. The lowest BCUT2D eigenvalue weighted by Gasteiger charge is -2.31. The van der Waals surface area contributed by atoms with Gasteiger partial charge in [-0.15, -0.1) is 0 Å². The number of aliphatic hydroxyl groups is 1. The molecule has 2 N–H and O–H groups in total. The topological polar surface area (TPSA) is 103 Å². The van der Waals surface area contributed by atoms with Crippen molar-refractivity contribution in [3.63, 3.8) is 0 Å². The number of ether oxygens (including phenoxy) is 2. The molecule has 1 aromatic carbocycles. The van der Waals surface area contributed by atoms with Crippen LogP contribution in [0.25, 0.3) is 22.3 Å². The van der Waals surface area contributed by atoms with Gasteiger partial charge in [0.05, 0.1) is 35.7 Å². The number of cyclic esters (lactones) is 1. The van der Waals surface area contributed by atoms with Gasteiger partial charge in [-0.25, -0.2) is 14.2 Å². The van der Waals surface area contributed by atoms with Crippen molar-refractivity contribution < 1.29 is 23.8 Å². The number of carbonyl (C=O) groups is 1. The third kappa shape index (κ3) is 4.42. The number of aryl methyl sites for hydroxylation is 1. The van der Waals surface area contributed by atoms with Gasteiger partial charge in [-0.1, -0.05) is 13.8 Å². The van der Waals surface area contributed by atoms with Crippen LogP contribution in [0.15, 0.2) is 23.0 Å². The number of hydrogen-bond donors (Lipinski definition) is 2. The van der Waals surface area contributed by atoms with Crippen LogP contribution >= 0.6 is 0 Å². The van der Waals surface area contributed by atoms with Crippen molar-refractivity contribution in [3.05, 3.63) is 62.2 Å². The SMILES string of the molecule is CCCNCOCCCCc1c(C)c(F)cc2nc3c(cc12)Cn1c-3cc2c(c1=O)COC(=O)[C@]2(O)CC. The number of fused-ring (bicyclic) bond motifs is 5. The number of aromatic nitrogens is 2. The van der Waals surface area contributed by atoms with E-state index in [0.717, 1.165) is 42.3 Å². The number of esters is 1. The predicted octanol–water partition coefficient (Wildman–Crippen LogP) is 3.82. The van der Waals surface area contributed by atoms with Crippen LogP contribution in [0.5, 0.6) is 0 Å². The molecule has 5 rings (SSSR count). The second-order valence-electron chi connectivity index (χ2n) is 10.1. The molecule has 9 heteroatoms. The van der Waals surface area contributed by atoms with Crippen LogP contribution in [-0.4, -0.2) is 40.5 Å². The van der Waals surface area contributed by atoms with E-state index in [0.29, 0.717) is 48.8 Å². The molecule has 0 spiro atoms. The van der Waals surface area contributed by atoms with E-state index in [4.69, 9.17) is 14.5 Å². The normalized spacial score (nSPS) is 17.9. The molecule has 0 unspecified atom stereocenters. The van der Waals surface area contributed by atoms with Crippen molar-refractivity contribution in [2.75, 3.05) is 19.9 Å². The fraction of sp³-hybridized carbons (Fsp3) is 0.483. The Kier molecular flexibility index (Phi) is 7.35. The van der Waals surface area contributed by atoms with Gasteiger partial charge in [-0.3, -0.25) is 10.1 Å². The Hall–Kier alpha value is -3.14. The number of rotatable bonds is 10. The summed E-state index contributed by atoms with van der Waals surface area (Å²) in [6.07, 6.45) is 3.53. The first kappa shape index (κ1) is 26.5. The van der Waals surface area contributed by atoms with Gasteiger partial charge in [0.15, 0.2) is 5.60 Å². The zero-order valence-electron chi connectivity index (χ0n) is 22.2. The highest BCUT2D eigenvalue weighted by molar-refractivity contribution is 5.88. The fourth-order valence-corrected chi connectivity index (χ4v) is 5.48. The summed E-state index contributed by atoms with van der Waals surface area (Å²) in [5, 5.41) is 15.1. The smallest absolute Gasteiger partial charge is 0.343 e. The van der Waals surface area contributed by atoms with E-state index in [-0.39, 0.29) is 35.5 Å².